The standard InChI is InChI=1S/C14H26N2O/c1-13(2,3)11-8-12(17)16(9-11)10-14(4-5-14)6-7-15/h11H,4-10,15H2,1-3H3. The van der Waals surface area contributed by atoms with Gasteiger partial charge in [0.05, 0.1) is 0 Å². The minimum Gasteiger partial charge on any atom is -0.342 e. The van der Waals surface area contributed by atoms with Crippen LogP contribution in [0.25, 0.3) is 0 Å². The van der Waals surface area contributed by atoms with Crippen LogP contribution in [-0.2, 0) is 4.79 Å². The van der Waals surface area contributed by atoms with Gasteiger partial charge in [-0.15, -0.1) is 0 Å². The highest BCUT2D eigenvalue weighted by Gasteiger charge is 2.46. The van der Waals surface area contributed by atoms with Gasteiger partial charge in [-0.05, 0) is 42.6 Å². The Morgan fingerprint density at radius 3 is 2.47 bits per heavy atom. The summed E-state index contributed by atoms with van der Waals surface area (Å²) in [5.41, 5.74) is 6.29. The van der Waals surface area contributed by atoms with Crippen LogP contribution in [0.5, 0.6) is 0 Å². The van der Waals surface area contributed by atoms with Crippen molar-refractivity contribution < 1.29 is 4.79 Å². The zero-order valence-corrected chi connectivity index (χ0v) is 11.5. The normalized spacial score (nSPS) is 27.6. The Balaban J connectivity index is 1.93. The molecule has 1 aliphatic carbocycles. The Hall–Kier alpha value is -0.570. The van der Waals surface area contributed by atoms with E-state index in [2.05, 4.69) is 25.7 Å². The van der Waals surface area contributed by atoms with E-state index in [-0.39, 0.29) is 5.41 Å². The number of carbonyl (C=O) groups excluding carboxylic acids is 1. The van der Waals surface area contributed by atoms with Crippen LogP contribution in [-0.4, -0.2) is 30.4 Å². The Bertz CT molecular complexity index is 302. The second kappa shape index (κ2) is 4.27. The molecule has 0 aromatic carbocycles. The summed E-state index contributed by atoms with van der Waals surface area (Å²) in [4.78, 5) is 14.1. The molecule has 1 amide bonds. The van der Waals surface area contributed by atoms with Gasteiger partial charge in [0, 0.05) is 19.5 Å². The molecule has 1 unspecified atom stereocenters. The number of nitrogens with zero attached hydrogens (tertiary/aromatic N) is 1. The van der Waals surface area contributed by atoms with E-state index < -0.39 is 0 Å². The molecule has 1 atom stereocenters. The predicted molar refractivity (Wildman–Crippen MR) is 69.5 cm³/mol. The van der Waals surface area contributed by atoms with Gasteiger partial charge in [0.2, 0.25) is 5.91 Å². The maximum atomic E-state index is 12.0. The van der Waals surface area contributed by atoms with Crippen molar-refractivity contribution in [3.63, 3.8) is 0 Å². The van der Waals surface area contributed by atoms with Gasteiger partial charge in [0.25, 0.3) is 0 Å². The lowest BCUT2D eigenvalue weighted by Gasteiger charge is -2.28. The minimum atomic E-state index is 0.245. The maximum absolute atomic E-state index is 12.0. The molecule has 2 rings (SSSR count). The summed E-state index contributed by atoms with van der Waals surface area (Å²) in [5, 5.41) is 0. The molecule has 98 valence electrons. The highest BCUT2D eigenvalue weighted by molar-refractivity contribution is 5.78. The van der Waals surface area contributed by atoms with Crippen LogP contribution in [0.15, 0.2) is 0 Å². The smallest absolute Gasteiger partial charge is 0.222 e. The van der Waals surface area contributed by atoms with Crippen molar-refractivity contribution in [3.8, 4) is 0 Å². The summed E-state index contributed by atoms with van der Waals surface area (Å²) in [5.74, 6) is 0.872. The quantitative estimate of drug-likeness (QED) is 0.814. The van der Waals surface area contributed by atoms with Gasteiger partial charge in [-0.2, -0.15) is 0 Å². The number of nitrogens with two attached hydrogens (primary N) is 1. The average Bonchev–Trinajstić information content (AvgIpc) is 2.84. The second-order valence-electron chi connectivity index (χ2n) is 7.08. The maximum Gasteiger partial charge on any atom is 0.222 e. The fraction of sp³-hybridized carbons (Fsp3) is 0.929. The summed E-state index contributed by atoms with van der Waals surface area (Å²) >= 11 is 0. The average molecular weight is 238 g/mol. The molecular weight excluding hydrogens is 212 g/mol. The van der Waals surface area contributed by atoms with Crippen LogP contribution in [0.2, 0.25) is 0 Å². The molecule has 0 radical (unpaired) electrons. The molecule has 2 fully saturated rings. The van der Waals surface area contributed by atoms with Crippen LogP contribution < -0.4 is 5.73 Å². The van der Waals surface area contributed by atoms with E-state index in [0.29, 0.717) is 17.2 Å². The number of amides is 1. The monoisotopic (exact) mass is 238 g/mol. The SMILES string of the molecule is CC(C)(C)C1CC(=O)N(CC2(CCN)CC2)C1. The van der Waals surface area contributed by atoms with Crippen LogP contribution in [0.4, 0.5) is 0 Å². The number of carbonyl (C=O) groups is 1. The summed E-state index contributed by atoms with van der Waals surface area (Å²) in [6, 6.07) is 0. The summed E-state index contributed by atoms with van der Waals surface area (Å²) in [6.07, 6.45) is 4.33. The van der Waals surface area contributed by atoms with E-state index in [0.717, 1.165) is 32.5 Å². The van der Waals surface area contributed by atoms with E-state index in [1.54, 1.807) is 0 Å². The first-order valence-corrected chi connectivity index (χ1v) is 6.84. The molecule has 1 aliphatic heterocycles. The Morgan fingerprint density at radius 2 is 2.06 bits per heavy atom. The topological polar surface area (TPSA) is 46.3 Å². The Morgan fingerprint density at radius 1 is 1.41 bits per heavy atom. The molecule has 17 heavy (non-hydrogen) atoms. The summed E-state index contributed by atoms with van der Waals surface area (Å²) in [7, 11) is 0. The van der Waals surface area contributed by atoms with Gasteiger partial charge in [-0.25, -0.2) is 0 Å². The van der Waals surface area contributed by atoms with Gasteiger partial charge in [-0.1, -0.05) is 20.8 Å². The molecular formula is C14H26N2O. The lowest BCUT2D eigenvalue weighted by molar-refractivity contribution is -0.128. The Labute approximate surface area is 105 Å². The molecule has 0 aromatic heterocycles. The van der Waals surface area contributed by atoms with Gasteiger partial charge in [0.1, 0.15) is 0 Å². The molecule has 1 saturated carbocycles. The molecule has 3 nitrogen and oxygen atoms in total. The van der Waals surface area contributed by atoms with Crippen LogP contribution in [0.1, 0.15) is 46.5 Å². The van der Waals surface area contributed by atoms with Crippen LogP contribution >= 0.6 is 0 Å². The van der Waals surface area contributed by atoms with Crippen molar-refractivity contribution in [1.29, 1.82) is 0 Å². The van der Waals surface area contributed by atoms with Crippen molar-refractivity contribution in [1.82, 2.24) is 4.90 Å². The highest BCUT2D eigenvalue weighted by atomic mass is 16.2. The Kier molecular flexibility index (Phi) is 3.23. The predicted octanol–water partition coefficient (Wildman–Crippen LogP) is 2.01. The number of likely N-dealkylation sites (tertiary alicyclic amines) is 1. The van der Waals surface area contributed by atoms with E-state index in [4.69, 9.17) is 5.73 Å². The largest absolute Gasteiger partial charge is 0.342 e. The first kappa shape index (κ1) is 12.9. The van der Waals surface area contributed by atoms with Crippen molar-refractivity contribution in [2.24, 2.45) is 22.5 Å². The molecule has 3 heteroatoms. The molecule has 2 N–H and O–H groups in total. The lowest BCUT2D eigenvalue weighted by atomic mass is 9.80. The second-order valence-corrected chi connectivity index (χ2v) is 7.08. The first-order chi connectivity index (χ1) is 7.86. The molecule has 0 bridgehead atoms. The van der Waals surface area contributed by atoms with Crippen molar-refractivity contribution in [2.75, 3.05) is 19.6 Å². The van der Waals surface area contributed by atoms with Gasteiger partial charge in [0.15, 0.2) is 0 Å². The van der Waals surface area contributed by atoms with Crippen molar-refractivity contribution in [2.45, 2.75) is 46.5 Å². The summed E-state index contributed by atoms with van der Waals surface area (Å²) in [6.45, 7) is 9.37. The fourth-order valence-electron chi connectivity index (χ4n) is 2.88. The van der Waals surface area contributed by atoms with Crippen LogP contribution in [0, 0.1) is 16.7 Å². The van der Waals surface area contributed by atoms with E-state index in [9.17, 15) is 4.79 Å². The van der Waals surface area contributed by atoms with Gasteiger partial charge < -0.3 is 10.6 Å². The van der Waals surface area contributed by atoms with E-state index >= 15 is 0 Å². The van der Waals surface area contributed by atoms with E-state index in [1.165, 1.54) is 12.8 Å². The van der Waals surface area contributed by atoms with Crippen LogP contribution in [0.3, 0.4) is 0 Å². The number of rotatable bonds is 4. The third-order valence-corrected chi connectivity index (χ3v) is 4.60. The third-order valence-electron chi connectivity index (χ3n) is 4.60. The van der Waals surface area contributed by atoms with Crippen molar-refractivity contribution in [3.05, 3.63) is 0 Å². The van der Waals surface area contributed by atoms with Crippen molar-refractivity contribution >= 4 is 5.91 Å². The molecule has 2 aliphatic rings. The molecule has 1 saturated heterocycles. The minimum absolute atomic E-state index is 0.245. The number of hydrogen-bond acceptors (Lipinski definition) is 2. The third kappa shape index (κ3) is 2.82. The molecule has 0 aromatic rings. The van der Waals surface area contributed by atoms with Gasteiger partial charge in [-0.3, -0.25) is 4.79 Å². The zero-order valence-electron chi connectivity index (χ0n) is 11.5. The van der Waals surface area contributed by atoms with E-state index in [1.807, 2.05) is 0 Å². The first-order valence-electron chi connectivity index (χ1n) is 6.84. The van der Waals surface area contributed by atoms with Gasteiger partial charge >= 0.3 is 0 Å². The molecule has 1 heterocycles. The summed E-state index contributed by atoms with van der Waals surface area (Å²) < 4.78 is 0. The highest BCUT2D eigenvalue weighted by Crippen LogP contribution is 2.50. The lowest BCUT2D eigenvalue weighted by Crippen LogP contribution is -2.34. The zero-order chi connectivity index (χ0) is 12.7. The molecule has 0 spiro atoms. The number of hydrogen-bond donors (Lipinski definition) is 1. The fourth-order valence-corrected chi connectivity index (χ4v) is 2.88.